The summed E-state index contributed by atoms with van der Waals surface area (Å²) < 4.78 is 80.0. The van der Waals surface area contributed by atoms with Crippen molar-refractivity contribution in [2.24, 2.45) is 0 Å². The zero-order valence-corrected chi connectivity index (χ0v) is 15.9. The third kappa shape index (κ3) is 5.00. The minimum absolute atomic E-state index is 0.0190. The Morgan fingerprint density at radius 2 is 0.957 bits per heavy atom. The van der Waals surface area contributed by atoms with E-state index >= 15 is 0 Å². The van der Waals surface area contributed by atoms with Gasteiger partial charge in [-0.05, 0) is 18.2 Å². The van der Waals surface area contributed by atoms with E-state index in [-0.39, 0.29) is 11.8 Å². The first kappa shape index (κ1) is 20.1. The van der Waals surface area contributed by atoms with Gasteiger partial charge in [0.15, 0.2) is 0 Å². The highest BCUT2D eigenvalue weighted by Crippen LogP contribution is 2.40. The lowest BCUT2D eigenvalue weighted by molar-refractivity contribution is -0.143. The van der Waals surface area contributed by atoms with E-state index in [1.165, 1.54) is 0 Å². The van der Waals surface area contributed by atoms with Crippen LogP contribution in [0.15, 0.2) is 18.2 Å². The number of benzene rings is 1. The summed E-state index contributed by atoms with van der Waals surface area (Å²) in [6.07, 6.45) is -9.64. The molecule has 1 rings (SSSR count). The third-order valence-corrected chi connectivity index (χ3v) is 10.4. The quantitative estimate of drug-likeness (QED) is 0.450. The molecule has 0 aromatic heterocycles. The summed E-state index contributed by atoms with van der Waals surface area (Å²) >= 11 is 0. The van der Waals surface area contributed by atoms with E-state index in [9.17, 15) is 26.3 Å². The molecule has 1 aromatic rings. The molecule has 1 nitrogen and oxygen atoms in total. The average Bonchev–Trinajstić information content (AvgIpc) is 2.21. The van der Waals surface area contributed by atoms with Gasteiger partial charge in [0.1, 0.15) is 16.5 Å². The predicted octanol–water partition coefficient (Wildman–Crippen LogP) is 6.20. The van der Waals surface area contributed by atoms with Gasteiger partial charge in [-0.2, -0.15) is 26.3 Å². The molecule has 0 fully saturated rings. The summed E-state index contributed by atoms with van der Waals surface area (Å²) in [5.41, 5.74) is -2.50. The average molecular weight is 373 g/mol. The lowest BCUT2D eigenvalue weighted by Crippen LogP contribution is -2.59. The normalized spacial score (nSPS) is 14.1. The summed E-state index contributed by atoms with van der Waals surface area (Å²) in [5.74, 6) is 0. The molecule has 23 heavy (non-hydrogen) atoms. The molecule has 0 atom stereocenters. The maximum absolute atomic E-state index is 13.0. The van der Waals surface area contributed by atoms with Crippen LogP contribution in [0.5, 0.6) is 0 Å². The van der Waals surface area contributed by atoms with Gasteiger partial charge in [-0.15, -0.1) is 0 Å². The number of halogens is 6. The van der Waals surface area contributed by atoms with E-state index in [0.29, 0.717) is 0 Å². The van der Waals surface area contributed by atoms with Crippen molar-refractivity contribution in [2.75, 3.05) is 4.23 Å². The maximum Gasteiger partial charge on any atom is 0.416 e. The lowest BCUT2D eigenvalue weighted by Gasteiger charge is -2.46. The summed E-state index contributed by atoms with van der Waals surface area (Å²) in [7, 11) is -4.33. The first-order valence-electron chi connectivity index (χ1n) is 7.04. The highest BCUT2D eigenvalue weighted by Gasteiger charge is 2.40. The van der Waals surface area contributed by atoms with Gasteiger partial charge in [-0.25, -0.2) is 0 Å². The molecule has 0 N–H and O–H groups in total. The molecule has 9 heteroatoms. The van der Waals surface area contributed by atoms with Crippen LogP contribution in [-0.2, 0) is 12.4 Å². The second-order valence-electron chi connectivity index (χ2n) is 7.44. The third-order valence-electron chi connectivity index (χ3n) is 3.17. The first-order chi connectivity index (χ1) is 9.94. The van der Waals surface area contributed by atoms with Crippen molar-refractivity contribution in [3.05, 3.63) is 29.3 Å². The summed E-state index contributed by atoms with van der Waals surface area (Å²) in [5, 5.41) is 0. The smallest absolute Gasteiger partial charge is 0.416 e. The monoisotopic (exact) mass is 373 g/mol. The van der Waals surface area contributed by atoms with E-state index < -0.39 is 40.0 Å². The zero-order valence-electron chi connectivity index (χ0n) is 13.9. The molecule has 0 aliphatic carbocycles. The van der Waals surface area contributed by atoms with E-state index in [4.69, 9.17) is 0 Å². The Labute approximate surface area is 134 Å². The fourth-order valence-corrected chi connectivity index (χ4v) is 12.7. The molecule has 0 aliphatic rings. The summed E-state index contributed by atoms with van der Waals surface area (Å²) in [6.45, 7) is 11.5. The highest BCUT2D eigenvalue weighted by molar-refractivity contribution is 6.99. The number of alkyl halides is 6. The maximum atomic E-state index is 13.0. The Morgan fingerprint density at radius 1 is 0.652 bits per heavy atom. The molecule has 0 heterocycles. The van der Waals surface area contributed by atoms with Crippen LogP contribution in [0.2, 0.25) is 39.3 Å². The second kappa shape index (κ2) is 5.84. The molecule has 132 valence electrons. The van der Waals surface area contributed by atoms with Crippen LogP contribution in [0.4, 0.5) is 32.0 Å². The Morgan fingerprint density at radius 3 is 1.17 bits per heavy atom. The van der Waals surface area contributed by atoms with Crippen molar-refractivity contribution in [1.29, 1.82) is 0 Å². The van der Waals surface area contributed by atoms with Gasteiger partial charge in [-0.1, -0.05) is 39.3 Å². The Balaban J connectivity index is 3.69. The van der Waals surface area contributed by atoms with Gasteiger partial charge in [0.25, 0.3) is 0 Å². The number of hydrogen-bond donors (Lipinski definition) is 0. The van der Waals surface area contributed by atoms with Crippen LogP contribution in [0.3, 0.4) is 0 Å². The highest BCUT2D eigenvalue weighted by atomic mass is 28.4. The zero-order chi connectivity index (χ0) is 18.4. The summed E-state index contributed by atoms with van der Waals surface area (Å²) in [6, 6.07) is 1.85. The van der Waals surface area contributed by atoms with Crippen LogP contribution in [0, 0.1) is 0 Å². The standard InChI is InChI=1S/C14H21F6NSi2/c1-22(2,3)21(23(4,5)6)12-8-10(13(15,16)17)7-11(9-12)14(18,19)20/h7-9H,1-6H3. The van der Waals surface area contributed by atoms with Gasteiger partial charge in [0.2, 0.25) is 0 Å². The van der Waals surface area contributed by atoms with Crippen LogP contribution >= 0.6 is 0 Å². The van der Waals surface area contributed by atoms with Crippen LogP contribution in [-0.4, -0.2) is 16.5 Å². The molecule has 0 unspecified atom stereocenters. The molecule has 1 aromatic carbocycles. The molecule has 0 radical (unpaired) electrons. The molecule has 0 bridgehead atoms. The van der Waals surface area contributed by atoms with E-state index in [1.807, 2.05) is 43.5 Å². The van der Waals surface area contributed by atoms with Crippen molar-refractivity contribution in [1.82, 2.24) is 0 Å². The molecule has 0 spiro atoms. The van der Waals surface area contributed by atoms with Gasteiger partial charge < -0.3 is 4.23 Å². The predicted molar refractivity (Wildman–Crippen MR) is 85.6 cm³/mol. The van der Waals surface area contributed by atoms with Crippen molar-refractivity contribution >= 4 is 22.2 Å². The Kier molecular flexibility index (Phi) is 5.09. The molecule has 0 saturated heterocycles. The molecular weight excluding hydrogens is 352 g/mol. The fourth-order valence-electron chi connectivity index (χ4n) is 2.85. The number of nitrogens with zero attached hydrogens (tertiary/aromatic N) is 1. The van der Waals surface area contributed by atoms with E-state index in [0.717, 1.165) is 12.1 Å². The van der Waals surface area contributed by atoms with Crippen LogP contribution in [0.1, 0.15) is 11.1 Å². The largest absolute Gasteiger partial charge is 0.425 e. The molecule has 0 saturated carbocycles. The van der Waals surface area contributed by atoms with E-state index in [1.54, 1.807) is 0 Å². The topological polar surface area (TPSA) is 3.24 Å². The number of hydrogen-bond acceptors (Lipinski definition) is 1. The Hall–Kier alpha value is -0.966. The summed E-state index contributed by atoms with van der Waals surface area (Å²) in [4.78, 5) is 0. The minimum Gasteiger partial charge on any atom is -0.425 e. The van der Waals surface area contributed by atoms with Gasteiger partial charge in [0, 0.05) is 5.69 Å². The van der Waals surface area contributed by atoms with Crippen molar-refractivity contribution in [3.63, 3.8) is 0 Å². The SMILES string of the molecule is C[Si](C)(C)N(c1cc(C(F)(F)F)cc(C(F)(F)F)c1)[Si](C)(C)C. The molecular formula is C14H21F6NSi2. The van der Waals surface area contributed by atoms with Gasteiger partial charge in [-0.3, -0.25) is 0 Å². The first-order valence-corrected chi connectivity index (χ1v) is 13.9. The molecule has 0 amide bonds. The van der Waals surface area contributed by atoms with Crippen LogP contribution < -0.4 is 4.23 Å². The second-order valence-corrected chi connectivity index (χ2v) is 17.5. The minimum atomic E-state index is -4.82. The lowest BCUT2D eigenvalue weighted by atomic mass is 10.1. The van der Waals surface area contributed by atoms with Gasteiger partial charge in [0.05, 0.1) is 11.1 Å². The van der Waals surface area contributed by atoms with Crippen molar-refractivity contribution < 1.29 is 26.3 Å². The van der Waals surface area contributed by atoms with Gasteiger partial charge >= 0.3 is 12.4 Å². The number of anilines is 1. The number of rotatable bonds is 3. The fraction of sp³-hybridized carbons (Fsp3) is 0.571. The van der Waals surface area contributed by atoms with Crippen molar-refractivity contribution in [3.8, 4) is 0 Å². The Bertz CT molecular complexity index is 520. The van der Waals surface area contributed by atoms with Crippen molar-refractivity contribution in [2.45, 2.75) is 51.6 Å². The van der Waals surface area contributed by atoms with Crippen LogP contribution in [0.25, 0.3) is 0 Å². The molecule has 0 aliphatic heterocycles. The van der Waals surface area contributed by atoms with E-state index in [2.05, 4.69) is 0 Å².